The van der Waals surface area contributed by atoms with E-state index in [1.165, 1.54) is 12.7 Å². The molecule has 0 unspecified atom stereocenters. The van der Waals surface area contributed by atoms with E-state index in [-0.39, 0.29) is 6.03 Å². The first kappa shape index (κ1) is 18.3. The van der Waals surface area contributed by atoms with E-state index in [9.17, 15) is 9.59 Å². The predicted octanol–water partition coefficient (Wildman–Crippen LogP) is 3.64. The van der Waals surface area contributed by atoms with Crippen LogP contribution in [0.2, 0.25) is 0 Å². The van der Waals surface area contributed by atoms with Gasteiger partial charge in [0.05, 0.1) is 19.2 Å². The Balaban J connectivity index is 1.57. The van der Waals surface area contributed by atoms with Crippen molar-refractivity contribution >= 4 is 17.7 Å². The standard InChI is InChI=1S/C21H21N3O3/c1-27-20(25)17-9-5-10-18(13-17)23-21(26)22-14-19-11-6-12-24(19)15-16-7-3-2-4-8-16/h2-13H,14-15H2,1H3,(H2,22,23,26). The Labute approximate surface area is 157 Å². The maximum absolute atomic E-state index is 12.2. The summed E-state index contributed by atoms with van der Waals surface area (Å²) in [4.78, 5) is 23.7. The van der Waals surface area contributed by atoms with Gasteiger partial charge in [0.15, 0.2) is 0 Å². The van der Waals surface area contributed by atoms with Crippen LogP contribution >= 0.6 is 0 Å². The van der Waals surface area contributed by atoms with E-state index in [1.54, 1.807) is 24.3 Å². The van der Waals surface area contributed by atoms with E-state index in [1.807, 2.05) is 36.5 Å². The van der Waals surface area contributed by atoms with Crippen LogP contribution in [0.4, 0.5) is 10.5 Å². The lowest BCUT2D eigenvalue weighted by Crippen LogP contribution is -2.29. The molecule has 1 aromatic heterocycles. The van der Waals surface area contributed by atoms with E-state index < -0.39 is 5.97 Å². The van der Waals surface area contributed by atoms with Crippen LogP contribution in [0.1, 0.15) is 21.6 Å². The molecule has 0 aliphatic rings. The number of benzene rings is 2. The minimum Gasteiger partial charge on any atom is -0.465 e. The number of carbonyl (C=O) groups excluding carboxylic acids is 2. The zero-order chi connectivity index (χ0) is 19.1. The highest BCUT2D eigenvalue weighted by atomic mass is 16.5. The van der Waals surface area contributed by atoms with Gasteiger partial charge >= 0.3 is 12.0 Å². The Kier molecular flexibility index (Phi) is 5.89. The zero-order valence-corrected chi connectivity index (χ0v) is 15.0. The third-order valence-corrected chi connectivity index (χ3v) is 4.09. The summed E-state index contributed by atoms with van der Waals surface area (Å²) in [5.41, 5.74) is 3.10. The second kappa shape index (κ2) is 8.71. The average molecular weight is 363 g/mol. The molecule has 0 bridgehead atoms. The van der Waals surface area contributed by atoms with Crippen molar-refractivity contribution in [2.75, 3.05) is 12.4 Å². The number of esters is 1. The quantitative estimate of drug-likeness (QED) is 0.657. The maximum Gasteiger partial charge on any atom is 0.337 e. The maximum atomic E-state index is 12.2. The molecule has 0 saturated heterocycles. The Morgan fingerprint density at radius 3 is 2.59 bits per heavy atom. The topological polar surface area (TPSA) is 72.4 Å². The van der Waals surface area contributed by atoms with Crippen molar-refractivity contribution in [2.45, 2.75) is 13.1 Å². The molecule has 27 heavy (non-hydrogen) atoms. The molecule has 2 N–H and O–H groups in total. The number of methoxy groups -OCH3 is 1. The normalized spacial score (nSPS) is 10.3. The summed E-state index contributed by atoms with van der Waals surface area (Å²) in [5, 5.41) is 5.56. The fourth-order valence-corrected chi connectivity index (χ4v) is 2.73. The van der Waals surface area contributed by atoms with Gasteiger partial charge in [0.2, 0.25) is 0 Å². The molecular weight excluding hydrogens is 342 g/mol. The monoisotopic (exact) mass is 363 g/mol. The first-order valence-corrected chi connectivity index (χ1v) is 8.57. The number of hydrogen-bond donors (Lipinski definition) is 2. The van der Waals surface area contributed by atoms with Gasteiger partial charge in [-0.05, 0) is 35.9 Å². The average Bonchev–Trinajstić information content (AvgIpc) is 3.13. The van der Waals surface area contributed by atoms with E-state index in [0.29, 0.717) is 17.8 Å². The number of amides is 2. The lowest BCUT2D eigenvalue weighted by molar-refractivity contribution is 0.0600. The lowest BCUT2D eigenvalue weighted by Gasteiger charge is -2.12. The molecule has 6 nitrogen and oxygen atoms in total. The van der Waals surface area contributed by atoms with Gasteiger partial charge in [0.1, 0.15) is 0 Å². The van der Waals surface area contributed by atoms with E-state index in [0.717, 1.165) is 12.2 Å². The van der Waals surface area contributed by atoms with Crippen LogP contribution in [-0.4, -0.2) is 23.7 Å². The van der Waals surface area contributed by atoms with Gasteiger partial charge in [-0.2, -0.15) is 0 Å². The molecule has 6 heteroatoms. The fourth-order valence-electron chi connectivity index (χ4n) is 2.73. The summed E-state index contributed by atoms with van der Waals surface area (Å²) in [6.45, 7) is 1.13. The molecule has 3 aromatic rings. The van der Waals surface area contributed by atoms with Crippen molar-refractivity contribution < 1.29 is 14.3 Å². The molecule has 1 heterocycles. The fraction of sp³-hybridized carbons (Fsp3) is 0.143. The molecular formula is C21H21N3O3. The summed E-state index contributed by atoms with van der Waals surface area (Å²) in [5.74, 6) is -0.446. The van der Waals surface area contributed by atoms with Crippen molar-refractivity contribution in [3.05, 3.63) is 89.7 Å². The zero-order valence-electron chi connectivity index (χ0n) is 15.0. The largest absolute Gasteiger partial charge is 0.465 e. The highest BCUT2D eigenvalue weighted by Gasteiger charge is 2.08. The first-order chi connectivity index (χ1) is 13.2. The number of aromatic nitrogens is 1. The van der Waals surface area contributed by atoms with Gasteiger partial charge in [-0.3, -0.25) is 0 Å². The predicted molar refractivity (Wildman–Crippen MR) is 104 cm³/mol. The Morgan fingerprint density at radius 2 is 1.81 bits per heavy atom. The molecule has 0 aliphatic carbocycles. The van der Waals surface area contributed by atoms with Crippen LogP contribution in [0.15, 0.2) is 72.9 Å². The van der Waals surface area contributed by atoms with Crippen molar-refractivity contribution in [1.82, 2.24) is 9.88 Å². The second-order valence-corrected chi connectivity index (χ2v) is 5.99. The number of urea groups is 1. The van der Waals surface area contributed by atoms with Crippen molar-refractivity contribution in [1.29, 1.82) is 0 Å². The van der Waals surface area contributed by atoms with Crippen LogP contribution in [0.3, 0.4) is 0 Å². The molecule has 3 rings (SSSR count). The molecule has 0 fully saturated rings. The SMILES string of the molecule is COC(=O)c1cccc(NC(=O)NCc2cccn2Cc2ccccc2)c1. The molecule has 0 spiro atoms. The number of ether oxygens (including phenoxy) is 1. The second-order valence-electron chi connectivity index (χ2n) is 5.99. The summed E-state index contributed by atoms with van der Waals surface area (Å²) in [7, 11) is 1.32. The summed E-state index contributed by atoms with van der Waals surface area (Å²) >= 11 is 0. The van der Waals surface area contributed by atoms with Gasteiger partial charge in [-0.25, -0.2) is 9.59 Å². The van der Waals surface area contributed by atoms with Gasteiger partial charge in [0, 0.05) is 24.1 Å². The van der Waals surface area contributed by atoms with Crippen LogP contribution in [0, 0.1) is 0 Å². The molecule has 0 radical (unpaired) electrons. The van der Waals surface area contributed by atoms with Crippen molar-refractivity contribution in [3.8, 4) is 0 Å². The van der Waals surface area contributed by atoms with E-state index in [2.05, 4.69) is 32.1 Å². The Bertz CT molecular complexity index is 919. The van der Waals surface area contributed by atoms with Crippen molar-refractivity contribution in [3.63, 3.8) is 0 Å². The van der Waals surface area contributed by atoms with Gasteiger partial charge in [-0.15, -0.1) is 0 Å². The van der Waals surface area contributed by atoms with Gasteiger partial charge < -0.3 is 19.9 Å². The van der Waals surface area contributed by atoms with Crippen molar-refractivity contribution in [2.24, 2.45) is 0 Å². The lowest BCUT2D eigenvalue weighted by atomic mass is 10.2. The molecule has 2 amide bonds. The molecule has 2 aromatic carbocycles. The van der Waals surface area contributed by atoms with E-state index >= 15 is 0 Å². The minimum absolute atomic E-state index is 0.343. The third-order valence-electron chi connectivity index (χ3n) is 4.09. The number of carbonyl (C=O) groups is 2. The molecule has 0 atom stereocenters. The number of rotatable bonds is 6. The van der Waals surface area contributed by atoms with Crippen LogP contribution < -0.4 is 10.6 Å². The first-order valence-electron chi connectivity index (χ1n) is 8.57. The summed E-state index contributed by atoms with van der Waals surface area (Å²) in [6, 6.07) is 20.3. The molecule has 0 saturated carbocycles. The summed E-state index contributed by atoms with van der Waals surface area (Å²) in [6.07, 6.45) is 1.99. The smallest absolute Gasteiger partial charge is 0.337 e. The van der Waals surface area contributed by atoms with Crippen LogP contribution in [0.25, 0.3) is 0 Å². The highest BCUT2D eigenvalue weighted by Crippen LogP contribution is 2.12. The molecule has 0 aliphatic heterocycles. The number of hydrogen-bond acceptors (Lipinski definition) is 3. The highest BCUT2D eigenvalue weighted by molar-refractivity contribution is 5.93. The number of nitrogens with one attached hydrogen (secondary N) is 2. The Hall–Kier alpha value is -3.54. The van der Waals surface area contributed by atoms with Gasteiger partial charge in [-0.1, -0.05) is 36.4 Å². The summed E-state index contributed by atoms with van der Waals surface area (Å²) < 4.78 is 6.78. The third kappa shape index (κ3) is 4.98. The van der Waals surface area contributed by atoms with Gasteiger partial charge in [0.25, 0.3) is 0 Å². The van der Waals surface area contributed by atoms with Crippen LogP contribution in [-0.2, 0) is 17.8 Å². The van der Waals surface area contributed by atoms with E-state index in [4.69, 9.17) is 0 Å². The Morgan fingerprint density at radius 1 is 1.00 bits per heavy atom. The van der Waals surface area contributed by atoms with Crippen LogP contribution in [0.5, 0.6) is 0 Å². The number of anilines is 1. The molecule has 138 valence electrons. The number of nitrogens with zero attached hydrogens (tertiary/aromatic N) is 1. The minimum atomic E-state index is -0.446.